The van der Waals surface area contributed by atoms with Crippen LogP contribution in [0.2, 0.25) is 0 Å². The Morgan fingerprint density at radius 1 is 1.00 bits per heavy atom. The number of hydrogen-bond donors (Lipinski definition) is 1. The van der Waals surface area contributed by atoms with E-state index in [2.05, 4.69) is 24.4 Å². The van der Waals surface area contributed by atoms with Crippen LogP contribution in [0.25, 0.3) is 0 Å². The Labute approximate surface area is 132 Å². The highest BCUT2D eigenvalue weighted by molar-refractivity contribution is 5.95. The van der Waals surface area contributed by atoms with Gasteiger partial charge in [-0.15, -0.1) is 0 Å². The normalized spacial score (nSPS) is 11.9. The molecule has 3 heteroatoms. The average Bonchev–Trinajstić information content (AvgIpc) is 2.42. The van der Waals surface area contributed by atoms with Crippen molar-refractivity contribution in [3.8, 4) is 5.75 Å². The van der Waals surface area contributed by atoms with Gasteiger partial charge in [-0.1, -0.05) is 29.8 Å². The Kier molecular flexibility index (Phi) is 4.86. The van der Waals surface area contributed by atoms with Crippen molar-refractivity contribution in [2.45, 2.75) is 40.7 Å². The third-order valence-corrected chi connectivity index (χ3v) is 3.60. The van der Waals surface area contributed by atoms with Crippen molar-refractivity contribution in [2.24, 2.45) is 0 Å². The lowest BCUT2D eigenvalue weighted by molar-refractivity contribution is -0.122. The lowest BCUT2D eigenvalue weighted by Gasteiger charge is -2.17. The molecule has 0 aliphatic heterocycles. The number of carbonyl (C=O) groups excluding carboxylic acids is 1. The standard InChI is InChI=1S/C19H23NO2/c1-12-7-6-8-17(11-12)22-16(5)19(21)20-18-14(3)9-13(2)10-15(18)4/h6-11,16H,1-5H3,(H,20,21)/t16-/m0/s1. The van der Waals surface area contributed by atoms with Crippen LogP contribution in [-0.2, 0) is 4.79 Å². The highest BCUT2D eigenvalue weighted by Gasteiger charge is 2.17. The van der Waals surface area contributed by atoms with Gasteiger partial charge in [-0.2, -0.15) is 0 Å². The Morgan fingerprint density at radius 2 is 1.64 bits per heavy atom. The largest absolute Gasteiger partial charge is 0.481 e. The van der Waals surface area contributed by atoms with Gasteiger partial charge in [-0.05, 0) is 63.4 Å². The molecule has 0 saturated heterocycles. The zero-order chi connectivity index (χ0) is 16.3. The molecule has 22 heavy (non-hydrogen) atoms. The van der Waals surface area contributed by atoms with Crippen LogP contribution in [0.1, 0.15) is 29.2 Å². The van der Waals surface area contributed by atoms with Gasteiger partial charge in [0, 0.05) is 5.69 Å². The van der Waals surface area contributed by atoms with Gasteiger partial charge in [-0.25, -0.2) is 0 Å². The first kappa shape index (κ1) is 16.1. The fourth-order valence-corrected chi connectivity index (χ4v) is 2.55. The predicted molar refractivity (Wildman–Crippen MR) is 90.6 cm³/mol. The quantitative estimate of drug-likeness (QED) is 0.912. The molecule has 1 amide bonds. The van der Waals surface area contributed by atoms with E-state index in [0.29, 0.717) is 5.75 Å². The summed E-state index contributed by atoms with van der Waals surface area (Å²) < 4.78 is 5.72. The number of ether oxygens (including phenoxy) is 1. The number of anilines is 1. The molecular formula is C19H23NO2. The van der Waals surface area contributed by atoms with Crippen LogP contribution >= 0.6 is 0 Å². The van der Waals surface area contributed by atoms with Crippen molar-refractivity contribution in [1.29, 1.82) is 0 Å². The van der Waals surface area contributed by atoms with Gasteiger partial charge in [0.15, 0.2) is 6.10 Å². The van der Waals surface area contributed by atoms with Crippen molar-refractivity contribution < 1.29 is 9.53 Å². The monoisotopic (exact) mass is 297 g/mol. The molecule has 2 rings (SSSR count). The molecule has 0 radical (unpaired) electrons. The highest BCUT2D eigenvalue weighted by Crippen LogP contribution is 2.22. The van der Waals surface area contributed by atoms with Gasteiger partial charge in [0.1, 0.15) is 5.75 Å². The van der Waals surface area contributed by atoms with Crippen molar-refractivity contribution in [2.75, 3.05) is 5.32 Å². The summed E-state index contributed by atoms with van der Waals surface area (Å²) in [5.41, 5.74) is 5.30. The van der Waals surface area contributed by atoms with Crippen LogP contribution in [0.5, 0.6) is 5.75 Å². The molecule has 0 aromatic heterocycles. The molecule has 0 aliphatic carbocycles. The van der Waals surface area contributed by atoms with Crippen LogP contribution in [0.4, 0.5) is 5.69 Å². The fraction of sp³-hybridized carbons (Fsp3) is 0.316. The lowest BCUT2D eigenvalue weighted by Crippen LogP contribution is -2.30. The van der Waals surface area contributed by atoms with E-state index in [0.717, 1.165) is 22.4 Å². The Morgan fingerprint density at radius 3 is 2.23 bits per heavy atom. The Hall–Kier alpha value is -2.29. The Balaban J connectivity index is 2.09. The maximum atomic E-state index is 12.4. The van der Waals surface area contributed by atoms with E-state index >= 15 is 0 Å². The number of amides is 1. The molecule has 0 spiro atoms. The minimum absolute atomic E-state index is 0.142. The number of nitrogens with one attached hydrogen (secondary N) is 1. The molecule has 2 aromatic rings. The van der Waals surface area contributed by atoms with E-state index in [9.17, 15) is 4.79 Å². The second-order valence-corrected chi connectivity index (χ2v) is 5.84. The molecule has 3 nitrogen and oxygen atoms in total. The highest BCUT2D eigenvalue weighted by atomic mass is 16.5. The van der Waals surface area contributed by atoms with Gasteiger partial charge in [0.2, 0.25) is 0 Å². The average molecular weight is 297 g/mol. The first-order valence-electron chi connectivity index (χ1n) is 7.49. The van der Waals surface area contributed by atoms with E-state index < -0.39 is 6.10 Å². The zero-order valence-electron chi connectivity index (χ0n) is 13.9. The molecular weight excluding hydrogens is 274 g/mol. The summed E-state index contributed by atoms with van der Waals surface area (Å²) in [5, 5.41) is 2.98. The fourth-order valence-electron chi connectivity index (χ4n) is 2.55. The van der Waals surface area contributed by atoms with E-state index in [4.69, 9.17) is 4.74 Å². The van der Waals surface area contributed by atoms with Crippen LogP contribution < -0.4 is 10.1 Å². The third kappa shape index (κ3) is 3.88. The van der Waals surface area contributed by atoms with E-state index in [1.165, 1.54) is 5.56 Å². The van der Waals surface area contributed by atoms with Gasteiger partial charge < -0.3 is 10.1 Å². The molecule has 116 valence electrons. The molecule has 0 heterocycles. The second kappa shape index (κ2) is 6.65. The minimum atomic E-state index is -0.554. The molecule has 0 aliphatic rings. The number of aryl methyl sites for hydroxylation is 4. The molecule has 1 N–H and O–H groups in total. The SMILES string of the molecule is Cc1cccc(O[C@@H](C)C(=O)Nc2c(C)cc(C)cc2C)c1. The van der Waals surface area contributed by atoms with Crippen LogP contribution in [-0.4, -0.2) is 12.0 Å². The van der Waals surface area contributed by atoms with Crippen LogP contribution in [0.3, 0.4) is 0 Å². The second-order valence-electron chi connectivity index (χ2n) is 5.84. The predicted octanol–water partition coefficient (Wildman–Crippen LogP) is 4.33. The topological polar surface area (TPSA) is 38.3 Å². The summed E-state index contributed by atoms with van der Waals surface area (Å²) in [6.07, 6.45) is -0.554. The van der Waals surface area contributed by atoms with Gasteiger partial charge in [0.25, 0.3) is 5.91 Å². The van der Waals surface area contributed by atoms with Crippen LogP contribution in [0, 0.1) is 27.7 Å². The van der Waals surface area contributed by atoms with Crippen LogP contribution in [0.15, 0.2) is 36.4 Å². The summed E-state index contributed by atoms with van der Waals surface area (Å²) in [6, 6.07) is 11.8. The summed E-state index contributed by atoms with van der Waals surface area (Å²) in [6.45, 7) is 9.81. The van der Waals surface area contributed by atoms with Gasteiger partial charge in [0.05, 0.1) is 0 Å². The maximum absolute atomic E-state index is 12.4. The Bertz CT molecular complexity index is 669. The summed E-state index contributed by atoms with van der Waals surface area (Å²) in [5.74, 6) is 0.566. The molecule has 0 bridgehead atoms. The van der Waals surface area contributed by atoms with Gasteiger partial charge >= 0.3 is 0 Å². The van der Waals surface area contributed by atoms with E-state index in [1.807, 2.05) is 45.0 Å². The molecule has 0 fully saturated rings. The summed E-state index contributed by atoms with van der Waals surface area (Å²) in [7, 11) is 0. The number of carbonyl (C=O) groups is 1. The maximum Gasteiger partial charge on any atom is 0.265 e. The number of benzene rings is 2. The molecule has 0 saturated carbocycles. The molecule has 0 unspecified atom stereocenters. The lowest BCUT2D eigenvalue weighted by atomic mass is 10.0. The van der Waals surface area contributed by atoms with Gasteiger partial charge in [-0.3, -0.25) is 4.79 Å². The van der Waals surface area contributed by atoms with E-state index in [-0.39, 0.29) is 5.91 Å². The first-order valence-corrected chi connectivity index (χ1v) is 7.49. The number of rotatable bonds is 4. The smallest absolute Gasteiger partial charge is 0.265 e. The third-order valence-electron chi connectivity index (χ3n) is 3.60. The molecule has 2 aromatic carbocycles. The summed E-state index contributed by atoms with van der Waals surface area (Å²) in [4.78, 5) is 12.4. The molecule has 1 atom stereocenters. The van der Waals surface area contributed by atoms with Crippen molar-refractivity contribution in [3.63, 3.8) is 0 Å². The number of hydrogen-bond acceptors (Lipinski definition) is 2. The van der Waals surface area contributed by atoms with E-state index in [1.54, 1.807) is 6.92 Å². The summed E-state index contributed by atoms with van der Waals surface area (Å²) >= 11 is 0. The van der Waals surface area contributed by atoms with Crippen molar-refractivity contribution in [1.82, 2.24) is 0 Å². The van der Waals surface area contributed by atoms with Crippen molar-refractivity contribution >= 4 is 11.6 Å². The first-order chi connectivity index (χ1) is 10.4. The van der Waals surface area contributed by atoms with Crippen molar-refractivity contribution in [3.05, 3.63) is 58.7 Å². The zero-order valence-corrected chi connectivity index (χ0v) is 13.9. The minimum Gasteiger partial charge on any atom is -0.481 e.